The van der Waals surface area contributed by atoms with Crippen LogP contribution in [0.3, 0.4) is 0 Å². The van der Waals surface area contributed by atoms with Crippen LogP contribution in [0.4, 0.5) is 8.78 Å². The molecule has 88 valence electrons. The summed E-state index contributed by atoms with van der Waals surface area (Å²) in [6.07, 6.45) is 1.62. The van der Waals surface area contributed by atoms with E-state index in [0.717, 1.165) is 11.1 Å². The van der Waals surface area contributed by atoms with E-state index < -0.39 is 6.61 Å². The van der Waals surface area contributed by atoms with Gasteiger partial charge in [0.15, 0.2) is 0 Å². The van der Waals surface area contributed by atoms with Crippen molar-refractivity contribution in [2.45, 2.75) is 32.8 Å². The molecule has 0 aromatic heterocycles. The number of benzene rings is 1. The molecule has 0 fully saturated rings. The summed E-state index contributed by atoms with van der Waals surface area (Å²) in [7, 11) is 0. The van der Waals surface area contributed by atoms with Gasteiger partial charge >= 0.3 is 6.61 Å². The van der Waals surface area contributed by atoms with E-state index >= 15 is 0 Å². The smallest absolute Gasteiger partial charge is 0.387 e. The summed E-state index contributed by atoms with van der Waals surface area (Å²) in [4.78, 5) is 0. The molecular weight excluding hydrogens is 210 g/mol. The molecule has 1 nitrogen and oxygen atoms in total. The van der Waals surface area contributed by atoms with Crippen molar-refractivity contribution >= 4 is 6.08 Å². The van der Waals surface area contributed by atoms with Crippen molar-refractivity contribution in [3.8, 4) is 5.75 Å². The molecule has 0 atom stereocenters. The van der Waals surface area contributed by atoms with Crippen LogP contribution in [-0.4, -0.2) is 6.61 Å². The minimum Gasteiger partial charge on any atom is -0.435 e. The van der Waals surface area contributed by atoms with Crippen LogP contribution < -0.4 is 4.74 Å². The van der Waals surface area contributed by atoms with Crippen LogP contribution in [0.15, 0.2) is 24.8 Å². The van der Waals surface area contributed by atoms with E-state index in [1.807, 2.05) is 26.8 Å². The minimum atomic E-state index is -2.80. The van der Waals surface area contributed by atoms with Crippen molar-refractivity contribution in [2.24, 2.45) is 0 Å². The van der Waals surface area contributed by atoms with Crippen LogP contribution in [0, 0.1) is 0 Å². The van der Waals surface area contributed by atoms with Crippen molar-refractivity contribution in [2.75, 3.05) is 0 Å². The number of hydrogen-bond donors (Lipinski definition) is 0. The Morgan fingerprint density at radius 1 is 1.25 bits per heavy atom. The lowest BCUT2D eigenvalue weighted by molar-refractivity contribution is -0.0499. The van der Waals surface area contributed by atoms with E-state index in [-0.39, 0.29) is 11.2 Å². The van der Waals surface area contributed by atoms with Crippen molar-refractivity contribution in [3.63, 3.8) is 0 Å². The van der Waals surface area contributed by atoms with Gasteiger partial charge in [0.1, 0.15) is 5.75 Å². The van der Waals surface area contributed by atoms with Gasteiger partial charge in [-0.1, -0.05) is 39.5 Å². The van der Waals surface area contributed by atoms with Crippen LogP contribution >= 0.6 is 0 Å². The fourth-order valence-electron chi connectivity index (χ4n) is 1.34. The van der Waals surface area contributed by atoms with E-state index in [1.165, 1.54) is 0 Å². The number of hydrogen-bond acceptors (Lipinski definition) is 1. The normalized spacial score (nSPS) is 11.6. The maximum absolute atomic E-state index is 12.1. The minimum absolute atomic E-state index is 0.112. The van der Waals surface area contributed by atoms with Gasteiger partial charge in [0.25, 0.3) is 0 Å². The van der Waals surface area contributed by atoms with Gasteiger partial charge in [-0.2, -0.15) is 8.78 Å². The lowest BCUT2D eigenvalue weighted by Gasteiger charge is -2.20. The standard InChI is InChI=1S/C13H16F2O/c1-5-9-6-10(13(2,3)4)8-11(7-9)16-12(14)15/h5-8,12H,1H2,2-4H3. The molecule has 0 aliphatic carbocycles. The van der Waals surface area contributed by atoms with Gasteiger partial charge in [0.2, 0.25) is 0 Å². The Bertz CT molecular complexity index is 378. The van der Waals surface area contributed by atoms with Crippen molar-refractivity contribution in [3.05, 3.63) is 35.9 Å². The van der Waals surface area contributed by atoms with E-state index in [1.54, 1.807) is 18.2 Å². The highest BCUT2D eigenvalue weighted by Crippen LogP contribution is 2.28. The summed E-state index contributed by atoms with van der Waals surface area (Å²) >= 11 is 0. The molecule has 0 radical (unpaired) electrons. The van der Waals surface area contributed by atoms with Crippen molar-refractivity contribution < 1.29 is 13.5 Å². The van der Waals surface area contributed by atoms with Crippen LogP contribution in [0.2, 0.25) is 0 Å². The predicted molar refractivity (Wildman–Crippen MR) is 61.9 cm³/mol. The van der Waals surface area contributed by atoms with Gasteiger partial charge in [-0.25, -0.2) is 0 Å². The molecule has 1 rings (SSSR count). The van der Waals surface area contributed by atoms with E-state index in [9.17, 15) is 8.78 Å². The third-order valence-corrected chi connectivity index (χ3v) is 2.26. The summed E-state index contributed by atoms with van der Waals surface area (Å²) in [5.41, 5.74) is 1.61. The number of rotatable bonds is 3. The highest BCUT2D eigenvalue weighted by atomic mass is 19.3. The SMILES string of the molecule is C=Cc1cc(OC(F)F)cc(C(C)(C)C)c1. The molecule has 1 aromatic carbocycles. The van der Waals surface area contributed by atoms with Gasteiger partial charge in [0, 0.05) is 0 Å². The molecule has 0 saturated carbocycles. The topological polar surface area (TPSA) is 9.23 Å². The number of halogens is 2. The Hall–Kier alpha value is -1.38. The highest BCUT2D eigenvalue weighted by molar-refractivity contribution is 5.52. The third-order valence-electron chi connectivity index (χ3n) is 2.26. The highest BCUT2D eigenvalue weighted by Gasteiger charge is 2.16. The van der Waals surface area contributed by atoms with Gasteiger partial charge in [0.05, 0.1) is 0 Å². The first-order chi connectivity index (χ1) is 7.32. The summed E-state index contributed by atoms with van der Waals surface area (Å²) in [5.74, 6) is 0.178. The van der Waals surface area contributed by atoms with Crippen molar-refractivity contribution in [1.82, 2.24) is 0 Å². The first-order valence-corrected chi connectivity index (χ1v) is 5.06. The number of alkyl halides is 2. The van der Waals surface area contributed by atoms with Gasteiger partial charge < -0.3 is 4.74 Å². The average molecular weight is 226 g/mol. The molecule has 0 amide bonds. The zero-order valence-corrected chi connectivity index (χ0v) is 9.76. The molecule has 0 spiro atoms. The summed E-state index contributed by atoms with van der Waals surface area (Å²) in [5, 5.41) is 0. The molecule has 0 heterocycles. The van der Waals surface area contributed by atoms with Crippen LogP contribution in [0.5, 0.6) is 5.75 Å². The largest absolute Gasteiger partial charge is 0.435 e. The van der Waals surface area contributed by atoms with Gasteiger partial charge in [-0.3, -0.25) is 0 Å². The molecule has 16 heavy (non-hydrogen) atoms. The lowest BCUT2D eigenvalue weighted by Crippen LogP contribution is -2.12. The molecular formula is C13H16F2O. The Morgan fingerprint density at radius 2 is 1.88 bits per heavy atom. The fourth-order valence-corrected chi connectivity index (χ4v) is 1.34. The first kappa shape index (κ1) is 12.7. The average Bonchev–Trinajstić information content (AvgIpc) is 2.14. The maximum Gasteiger partial charge on any atom is 0.387 e. The summed E-state index contributed by atoms with van der Waals surface area (Å²) in [6, 6.07) is 5.11. The zero-order chi connectivity index (χ0) is 12.3. The van der Waals surface area contributed by atoms with Crippen LogP contribution in [-0.2, 0) is 5.41 Å². The maximum atomic E-state index is 12.1. The Balaban J connectivity index is 3.16. The second-order valence-corrected chi connectivity index (χ2v) is 4.62. The van der Waals surface area contributed by atoms with E-state index in [0.29, 0.717) is 0 Å². The quantitative estimate of drug-likeness (QED) is 0.749. The number of ether oxygens (including phenoxy) is 1. The summed E-state index contributed by atoms with van der Waals surface area (Å²) in [6.45, 7) is 6.88. The van der Waals surface area contributed by atoms with E-state index in [2.05, 4.69) is 11.3 Å². The molecule has 0 saturated heterocycles. The molecule has 1 aromatic rings. The van der Waals surface area contributed by atoms with E-state index in [4.69, 9.17) is 0 Å². The second kappa shape index (κ2) is 4.64. The third kappa shape index (κ3) is 3.33. The van der Waals surface area contributed by atoms with Gasteiger partial charge in [-0.05, 0) is 28.7 Å². The molecule has 0 unspecified atom stereocenters. The Morgan fingerprint density at radius 3 is 2.31 bits per heavy atom. The molecule has 3 heteroatoms. The fraction of sp³-hybridized carbons (Fsp3) is 0.385. The molecule has 0 aliphatic heterocycles. The molecule has 0 bridgehead atoms. The Labute approximate surface area is 94.7 Å². The van der Waals surface area contributed by atoms with Crippen molar-refractivity contribution in [1.29, 1.82) is 0 Å². The van der Waals surface area contributed by atoms with Gasteiger partial charge in [-0.15, -0.1) is 0 Å². The monoisotopic (exact) mass is 226 g/mol. The molecule has 0 N–H and O–H groups in total. The lowest BCUT2D eigenvalue weighted by atomic mass is 9.86. The summed E-state index contributed by atoms with van der Waals surface area (Å²) < 4.78 is 28.7. The second-order valence-electron chi connectivity index (χ2n) is 4.62. The first-order valence-electron chi connectivity index (χ1n) is 5.06. The Kier molecular flexibility index (Phi) is 3.68. The zero-order valence-electron chi connectivity index (χ0n) is 9.76. The molecule has 0 aliphatic rings. The van der Waals surface area contributed by atoms with Crippen LogP contribution in [0.25, 0.3) is 6.08 Å². The van der Waals surface area contributed by atoms with Crippen LogP contribution in [0.1, 0.15) is 31.9 Å². The predicted octanol–water partition coefficient (Wildman–Crippen LogP) is 4.23.